The molecule has 0 spiro atoms. The molecule has 138 valence electrons. The predicted octanol–water partition coefficient (Wildman–Crippen LogP) is 4.27. The molecule has 1 heterocycles. The van der Waals surface area contributed by atoms with Crippen molar-refractivity contribution in [3.05, 3.63) is 53.4 Å². The molecule has 2 atom stereocenters. The van der Waals surface area contributed by atoms with Gasteiger partial charge in [0.25, 0.3) is 0 Å². The molecule has 2 unspecified atom stereocenters. The largest absolute Gasteiger partial charge is 0.359 e. The second kappa shape index (κ2) is 10.4. The number of benzene rings is 1. The Morgan fingerprint density at radius 3 is 2.40 bits per heavy atom. The lowest BCUT2D eigenvalue weighted by atomic mass is 9.94. The van der Waals surface area contributed by atoms with Gasteiger partial charge in [0, 0.05) is 25.1 Å². The summed E-state index contributed by atoms with van der Waals surface area (Å²) in [4.78, 5) is 4.29. The zero-order valence-electron chi connectivity index (χ0n) is 15.6. The summed E-state index contributed by atoms with van der Waals surface area (Å²) in [5.41, 5.74) is 2.28. The summed E-state index contributed by atoms with van der Waals surface area (Å²) in [6, 6.07) is 12.7. The van der Waals surface area contributed by atoms with Gasteiger partial charge in [-0.1, -0.05) is 56.3 Å². The van der Waals surface area contributed by atoms with Crippen molar-refractivity contribution < 1.29 is 4.52 Å². The minimum Gasteiger partial charge on any atom is -0.359 e. The zero-order valence-corrected chi connectivity index (χ0v) is 17.9. The van der Waals surface area contributed by atoms with Crippen molar-refractivity contribution in [1.82, 2.24) is 15.8 Å². The highest BCUT2D eigenvalue weighted by atomic mass is 127. The van der Waals surface area contributed by atoms with E-state index in [0.717, 1.165) is 17.4 Å². The van der Waals surface area contributed by atoms with Crippen molar-refractivity contribution in [2.24, 2.45) is 4.99 Å². The third kappa shape index (κ3) is 6.34. The predicted molar refractivity (Wildman–Crippen MR) is 114 cm³/mol. The Hall–Kier alpha value is -1.57. The maximum Gasteiger partial charge on any atom is 0.191 e. The highest BCUT2D eigenvalue weighted by Crippen LogP contribution is 2.18. The average molecular weight is 456 g/mol. The number of hydrogen-bond acceptors (Lipinski definition) is 3. The van der Waals surface area contributed by atoms with Crippen LogP contribution in [0.4, 0.5) is 0 Å². The van der Waals surface area contributed by atoms with Crippen LogP contribution in [-0.4, -0.2) is 24.2 Å². The van der Waals surface area contributed by atoms with Crippen LogP contribution in [0.5, 0.6) is 0 Å². The smallest absolute Gasteiger partial charge is 0.191 e. The van der Waals surface area contributed by atoms with E-state index in [9.17, 15) is 0 Å². The molecule has 0 saturated carbocycles. The monoisotopic (exact) mass is 456 g/mol. The molecule has 2 rings (SSSR count). The quantitative estimate of drug-likeness (QED) is 0.387. The highest BCUT2D eigenvalue weighted by molar-refractivity contribution is 14.0. The topological polar surface area (TPSA) is 62.5 Å². The second-order valence-electron chi connectivity index (χ2n) is 6.43. The summed E-state index contributed by atoms with van der Waals surface area (Å²) in [7, 11) is 1.77. The van der Waals surface area contributed by atoms with Crippen molar-refractivity contribution in [2.75, 3.05) is 7.05 Å². The van der Waals surface area contributed by atoms with Crippen molar-refractivity contribution in [2.45, 2.75) is 52.1 Å². The van der Waals surface area contributed by atoms with Gasteiger partial charge in [-0.2, -0.15) is 0 Å². The van der Waals surface area contributed by atoms with Gasteiger partial charge < -0.3 is 15.2 Å². The first-order valence-electron chi connectivity index (χ1n) is 8.49. The van der Waals surface area contributed by atoms with Crippen LogP contribution in [0.25, 0.3) is 0 Å². The Kier molecular flexibility index (Phi) is 8.96. The lowest BCUT2D eigenvalue weighted by molar-refractivity contribution is 0.371. The Morgan fingerprint density at radius 1 is 1.16 bits per heavy atom. The Balaban J connectivity index is 0.00000312. The van der Waals surface area contributed by atoms with Crippen molar-refractivity contribution in [3.8, 4) is 0 Å². The molecule has 5 nitrogen and oxygen atoms in total. The fourth-order valence-corrected chi connectivity index (χ4v) is 2.44. The van der Waals surface area contributed by atoms with Gasteiger partial charge in [-0.15, -0.1) is 24.0 Å². The summed E-state index contributed by atoms with van der Waals surface area (Å²) >= 11 is 0. The summed E-state index contributed by atoms with van der Waals surface area (Å²) in [6.07, 6.45) is 0. The van der Waals surface area contributed by atoms with Gasteiger partial charge in [-0.05, 0) is 18.4 Å². The van der Waals surface area contributed by atoms with Gasteiger partial charge in [0.15, 0.2) is 11.7 Å². The van der Waals surface area contributed by atoms with E-state index in [0.29, 0.717) is 18.4 Å². The summed E-state index contributed by atoms with van der Waals surface area (Å²) < 4.78 is 5.35. The Labute approximate surface area is 167 Å². The average Bonchev–Trinajstić information content (AvgIpc) is 3.07. The molecular formula is C19H29IN4O. The lowest BCUT2D eigenvalue weighted by Gasteiger charge is -2.23. The van der Waals surface area contributed by atoms with Crippen LogP contribution < -0.4 is 10.6 Å². The number of rotatable bonds is 6. The normalized spacial score (nSPS) is 13.9. The molecule has 0 radical (unpaired) electrons. The maximum absolute atomic E-state index is 5.35. The molecule has 0 fully saturated rings. The van der Waals surface area contributed by atoms with Crippen molar-refractivity contribution in [3.63, 3.8) is 0 Å². The SMILES string of the molecule is CN=C(NCc1cc(C(C)C)no1)NC(C)C(C)c1ccccc1.I. The van der Waals surface area contributed by atoms with E-state index in [2.05, 4.69) is 72.7 Å². The number of aromatic nitrogens is 1. The molecule has 2 N–H and O–H groups in total. The minimum atomic E-state index is 0. The molecule has 0 saturated heterocycles. The molecular weight excluding hydrogens is 427 g/mol. The van der Waals surface area contributed by atoms with Gasteiger partial charge in [-0.3, -0.25) is 4.99 Å². The standard InChI is InChI=1S/C19H28N4O.HI/c1-13(2)18-11-17(24-23-18)12-21-19(20-5)22-15(4)14(3)16-9-7-6-8-10-16;/h6-11,13-15H,12H2,1-5H3,(H2,20,21,22);1H. The van der Waals surface area contributed by atoms with Crippen LogP contribution in [0, 0.1) is 0 Å². The molecule has 0 aliphatic rings. The Morgan fingerprint density at radius 2 is 1.84 bits per heavy atom. The third-order valence-electron chi connectivity index (χ3n) is 4.26. The van der Waals surface area contributed by atoms with Crippen molar-refractivity contribution >= 4 is 29.9 Å². The van der Waals surface area contributed by atoms with E-state index < -0.39 is 0 Å². The van der Waals surface area contributed by atoms with E-state index in [1.807, 2.05) is 12.1 Å². The number of guanidine groups is 1. The molecule has 2 aromatic rings. The fraction of sp³-hybridized carbons (Fsp3) is 0.474. The number of nitrogens with zero attached hydrogens (tertiary/aromatic N) is 2. The molecule has 0 aliphatic carbocycles. The van der Waals surface area contributed by atoms with Gasteiger partial charge >= 0.3 is 0 Å². The van der Waals surface area contributed by atoms with E-state index in [-0.39, 0.29) is 30.0 Å². The number of hydrogen-bond donors (Lipinski definition) is 2. The first-order chi connectivity index (χ1) is 11.5. The van der Waals surface area contributed by atoms with Crippen LogP contribution in [0.3, 0.4) is 0 Å². The van der Waals surface area contributed by atoms with Crippen LogP contribution in [0.1, 0.15) is 56.5 Å². The van der Waals surface area contributed by atoms with Gasteiger partial charge in [0.2, 0.25) is 0 Å². The maximum atomic E-state index is 5.35. The number of halogens is 1. The molecule has 0 bridgehead atoms. The number of aliphatic imine (C=N–C) groups is 1. The molecule has 0 aliphatic heterocycles. The van der Waals surface area contributed by atoms with E-state index in [1.165, 1.54) is 5.56 Å². The number of nitrogens with one attached hydrogen (secondary N) is 2. The first-order valence-corrected chi connectivity index (χ1v) is 8.49. The molecule has 6 heteroatoms. The lowest BCUT2D eigenvalue weighted by Crippen LogP contribution is -2.43. The van der Waals surface area contributed by atoms with Gasteiger partial charge in [-0.25, -0.2) is 0 Å². The van der Waals surface area contributed by atoms with E-state index >= 15 is 0 Å². The fourth-order valence-electron chi connectivity index (χ4n) is 2.44. The molecule has 1 aromatic heterocycles. The molecule has 25 heavy (non-hydrogen) atoms. The summed E-state index contributed by atoms with van der Waals surface area (Å²) in [5.74, 6) is 2.31. The summed E-state index contributed by atoms with van der Waals surface area (Å²) in [6.45, 7) is 9.14. The van der Waals surface area contributed by atoms with Crippen LogP contribution in [0.2, 0.25) is 0 Å². The van der Waals surface area contributed by atoms with Crippen LogP contribution >= 0.6 is 24.0 Å². The minimum absolute atomic E-state index is 0. The molecule has 1 aromatic carbocycles. The molecule has 0 amide bonds. The Bertz CT molecular complexity index is 654. The van der Waals surface area contributed by atoms with Gasteiger partial charge in [0.1, 0.15) is 0 Å². The van der Waals surface area contributed by atoms with Gasteiger partial charge in [0.05, 0.1) is 12.2 Å². The third-order valence-corrected chi connectivity index (χ3v) is 4.26. The van der Waals surface area contributed by atoms with E-state index in [1.54, 1.807) is 7.05 Å². The van der Waals surface area contributed by atoms with Crippen LogP contribution in [-0.2, 0) is 6.54 Å². The summed E-state index contributed by atoms with van der Waals surface area (Å²) in [5, 5.41) is 10.8. The van der Waals surface area contributed by atoms with E-state index in [4.69, 9.17) is 4.52 Å². The second-order valence-corrected chi connectivity index (χ2v) is 6.43. The van der Waals surface area contributed by atoms with Crippen molar-refractivity contribution in [1.29, 1.82) is 0 Å². The highest BCUT2D eigenvalue weighted by Gasteiger charge is 2.15. The van der Waals surface area contributed by atoms with Crippen LogP contribution in [0.15, 0.2) is 45.9 Å². The first kappa shape index (κ1) is 21.5. The zero-order chi connectivity index (χ0) is 17.5.